The van der Waals surface area contributed by atoms with Gasteiger partial charge in [-0.25, -0.2) is 14.5 Å². The zero-order valence-corrected chi connectivity index (χ0v) is 15.2. The molecule has 0 spiro atoms. The highest BCUT2D eigenvalue weighted by atomic mass is 16.3. The number of piperidine rings is 1. The molecule has 1 aliphatic heterocycles. The maximum Gasteiger partial charge on any atom is 0.345 e. The van der Waals surface area contributed by atoms with E-state index in [1.54, 1.807) is 16.5 Å². The Morgan fingerprint density at radius 1 is 1.44 bits per heavy atom. The van der Waals surface area contributed by atoms with E-state index in [0.29, 0.717) is 31.1 Å². The lowest BCUT2D eigenvalue weighted by Crippen LogP contribution is -2.40. The number of hydrogen-bond donors (Lipinski definition) is 0. The van der Waals surface area contributed by atoms with Crippen molar-refractivity contribution in [1.29, 1.82) is 0 Å². The molecule has 3 rings (SSSR count). The number of aromatic nitrogens is 4. The van der Waals surface area contributed by atoms with E-state index < -0.39 is 0 Å². The normalized spacial score (nSPS) is 18.1. The van der Waals surface area contributed by atoms with Gasteiger partial charge in [0.2, 0.25) is 0 Å². The molecule has 8 nitrogen and oxygen atoms in total. The van der Waals surface area contributed by atoms with E-state index in [1.807, 2.05) is 20.8 Å². The molecule has 1 aliphatic rings. The topological polar surface area (TPSA) is 86.2 Å². The van der Waals surface area contributed by atoms with Crippen LogP contribution in [0.2, 0.25) is 0 Å². The lowest BCUT2D eigenvalue weighted by Gasteiger charge is -2.32. The maximum atomic E-state index is 12.9. The monoisotopic (exact) mass is 347 g/mol. The van der Waals surface area contributed by atoms with Crippen molar-refractivity contribution in [3.05, 3.63) is 34.2 Å². The van der Waals surface area contributed by atoms with Crippen molar-refractivity contribution >= 4 is 5.91 Å². The third kappa shape index (κ3) is 3.12. The molecule has 25 heavy (non-hydrogen) atoms. The van der Waals surface area contributed by atoms with Gasteiger partial charge in [-0.2, -0.15) is 5.10 Å². The molecular weight excluding hydrogens is 322 g/mol. The number of aryl methyl sites for hydroxylation is 1. The minimum atomic E-state index is -0.112. The van der Waals surface area contributed by atoms with Gasteiger partial charge in [0.05, 0.1) is 0 Å². The molecule has 1 saturated heterocycles. The van der Waals surface area contributed by atoms with Crippen molar-refractivity contribution in [1.82, 2.24) is 24.2 Å². The molecule has 0 aliphatic carbocycles. The Labute approximate surface area is 146 Å². The van der Waals surface area contributed by atoms with E-state index in [4.69, 9.17) is 4.42 Å². The molecule has 0 saturated carbocycles. The summed E-state index contributed by atoms with van der Waals surface area (Å²) in [6.07, 6.45) is 3.12. The van der Waals surface area contributed by atoms with Gasteiger partial charge in [0, 0.05) is 38.5 Å². The second-order valence-electron chi connectivity index (χ2n) is 6.82. The molecule has 0 bridgehead atoms. The summed E-state index contributed by atoms with van der Waals surface area (Å²) in [6, 6.07) is 0. The first-order valence-electron chi connectivity index (χ1n) is 8.80. The van der Waals surface area contributed by atoms with E-state index in [1.165, 1.54) is 11.1 Å². The van der Waals surface area contributed by atoms with Gasteiger partial charge in [0.15, 0.2) is 12.1 Å². The van der Waals surface area contributed by atoms with Crippen molar-refractivity contribution in [3.8, 4) is 0 Å². The molecule has 2 aromatic rings. The van der Waals surface area contributed by atoms with Crippen molar-refractivity contribution in [3.63, 3.8) is 0 Å². The number of oxazole rings is 1. The number of hydrogen-bond acceptors (Lipinski definition) is 5. The number of likely N-dealkylation sites (tertiary alicyclic amines) is 1. The molecule has 0 unspecified atom stereocenters. The summed E-state index contributed by atoms with van der Waals surface area (Å²) < 4.78 is 8.44. The van der Waals surface area contributed by atoms with Crippen LogP contribution < -0.4 is 5.69 Å². The maximum absolute atomic E-state index is 12.9. The van der Waals surface area contributed by atoms with Crippen molar-refractivity contribution in [2.24, 2.45) is 7.05 Å². The quantitative estimate of drug-likeness (QED) is 0.841. The predicted octanol–water partition coefficient (Wildman–Crippen LogP) is 1.73. The molecule has 1 amide bonds. The third-order valence-electron chi connectivity index (χ3n) is 4.75. The molecule has 136 valence electrons. The van der Waals surface area contributed by atoms with Gasteiger partial charge in [-0.15, -0.1) is 0 Å². The Kier molecular flexibility index (Phi) is 4.78. The Morgan fingerprint density at radius 2 is 2.20 bits per heavy atom. The number of carbonyl (C=O) groups excluding carboxylic acids is 1. The molecule has 0 aromatic carbocycles. The molecular formula is C17H25N5O3. The SMILES string of the molecule is CCn1c([C@H]2CCCN(C(=O)c3ncoc3C(C)C)C2)nn(C)c1=O. The number of nitrogens with zero attached hydrogens (tertiary/aromatic N) is 5. The highest BCUT2D eigenvalue weighted by Crippen LogP contribution is 2.27. The first-order valence-corrected chi connectivity index (χ1v) is 8.80. The first kappa shape index (κ1) is 17.4. The zero-order valence-electron chi connectivity index (χ0n) is 15.2. The van der Waals surface area contributed by atoms with Crippen LogP contribution in [0.25, 0.3) is 0 Å². The van der Waals surface area contributed by atoms with Crippen LogP contribution in [0.4, 0.5) is 0 Å². The molecule has 0 radical (unpaired) electrons. The Balaban J connectivity index is 1.84. The first-order chi connectivity index (χ1) is 11.9. The fraction of sp³-hybridized carbons (Fsp3) is 0.647. The molecule has 3 heterocycles. The summed E-state index contributed by atoms with van der Waals surface area (Å²) in [4.78, 5) is 31.0. The Hall–Kier alpha value is -2.38. The second kappa shape index (κ2) is 6.85. The van der Waals surface area contributed by atoms with E-state index in [0.717, 1.165) is 18.7 Å². The molecule has 8 heteroatoms. The standard InChI is InChI=1S/C17H25N5O3/c1-5-22-15(19-20(4)17(22)24)12-7-6-8-21(9-12)16(23)13-14(11(2)3)25-10-18-13/h10-12H,5-9H2,1-4H3/t12-/m0/s1. The van der Waals surface area contributed by atoms with Crippen LogP contribution in [-0.2, 0) is 13.6 Å². The predicted molar refractivity (Wildman–Crippen MR) is 91.6 cm³/mol. The van der Waals surface area contributed by atoms with Gasteiger partial charge >= 0.3 is 5.69 Å². The summed E-state index contributed by atoms with van der Waals surface area (Å²) in [5.41, 5.74) is 0.282. The van der Waals surface area contributed by atoms with Crippen molar-refractivity contribution in [2.75, 3.05) is 13.1 Å². The molecule has 1 atom stereocenters. The van der Waals surface area contributed by atoms with Crippen molar-refractivity contribution in [2.45, 2.75) is 52.0 Å². The Morgan fingerprint density at radius 3 is 2.88 bits per heavy atom. The van der Waals surface area contributed by atoms with Crippen LogP contribution in [0.1, 0.15) is 67.5 Å². The van der Waals surface area contributed by atoms with Gasteiger partial charge in [-0.1, -0.05) is 13.8 Å². The van der Waals surface area contributed by atoms with Crippen LogP contribution in [0.3, 0.4) is 0 Å². The highest BCUT2D eigenvalue weighted by molar-refractivity contribution is 5.93. The van der Waals surface area contributed by atoms with Crippen LogP contribution in [-0.4, -0.2) is 43.2 Å². The molecule has 0 N–H and O–H groups in total. The summed E-state index contributed by atoms with van der Waals surface area (Å²) in [5.74, 6) is 1.43. The number of carbonyl (C=O) groups is 1. The average Bonchev–Trinajstić information content (AvgIpc) is 3.20. The molecule has 2 aromatic heterocycles. The summed E-state index contributed by atoms with van der Waals surface area (Å²) in [6.45, 7) is 7.69. The lowest BCUT2D eigenvalue weighted by atomic mass is 9.96. The highest BCUT2D eigenvalue weighted by Gasteiger charge is 2.31. The van der Waals surface area contributed by atoms with Gasteiger partial charge in [0.1, 0.15) is 11.6 Å². The molecule has 1 fully saturated rings. The van der Waals surface area contributed by atoms with E-state index in [-0.39, 0.29) is 23.4 Å². The zero-order chi connectivity index (χ0) is 18.1. The fourth-order valence-corrected chi connectivity index (χ4v) is 3.47. The fourth-order valence-electron chi connectivity index (χ4n) is 3.47. The summed E-state index contributed by atoms with van der Waals surface area (Å²) in [7, 11) is 1.66. The second-order valence-corrected chi connectivity index (χ2v) is 6.82. The smallest absolute Gasteiger partial charge is 0.345 e. The van der Waals surface area contributed by atoms with E-state index >= 15 is 0 Å². The lowest BCUT2D eigenvalue weighted by molar-refractivity contribution is 0.0695. The minimum Gasteiger partial charge on any atom is -0.447 e. The third-order valence-corrected chi connectivity index (χ3v) is 4.75. The number of rotatable bonds is 4. The summed E-state index contributed by atoms with van der Waals surface area (Å²) >= 11 is 0. The number of amides is 1. The minimum absolute atomic E-state index is 0.0564. The van der Waals surface area contributed by atoms with Crippen LogP contribution in [0, 0.1) is 0 Å². The van der Waals surface area contributed by atoms with Gasteiger partial charge in [-0.3, -0.25) is 9.36 Å². The average molecular weight is 347 g/mol. The van der Waals surface area contributed by atoms with Gasteiger partial charge in [-0.05, 0) is 19.8 Å². The van der Waals surface area contributed by atoms with E-state index in [2.05, 4.69) is 10.1 Å². The van der Waals surface area contributed by atoms with Gasteiger partial charge < -0.3 is 9.32 Å². The Bertz CT molecular complexity index is 817. The largest absolute Gasteiger partial charge is 0.447 e. The van der Waals surface area contributed by atoms with Gasteiger partial charge in [0.25, 0.3) is 5.91 Å². The van der Waals surface area contributed by atoms with Crippen molar-refractivity contribution < 1.29 is 9.21 Å². The summed E-state index contributed by atoms with van der Waals surface area (Å²) in [5, 5.41) is 4.40. The van der Waals surface area contributed by atoms with Crippen LogP contribution in [0.15, 0.2) is 15.6 Å². The van der Waals surface area contributed by atoms with Crippen LogP contribution in [0.5, 0.6) is 0 Å². The van der Waals surface area contributed by atoms with Crippen LogP contribution >= 0.6 is 0 Å². The van der Waals surface area contributed by atoms with E-state index in [9.17, 15) is 9.59 Å².